The SMILES string of the molecule is N#Cc1cccnc1/C=N/O. The van der Waals surface area contributed by atoms with E-state index in [0.29, 0.717) is 11.3 Å². The average molecular weight is 147 g/mol. The van der Waals surface area contributed by atoms with Crippen molar-refractivity contribution in [3.05, 3.63) is 29.6 Å². The fourth-order valence-corrected chi connectivity index (χ4v) is 0.670. The van der Waals surface area contributed by atoms with Crippen LogP contribution in [0.3, 0.4) is 0 Å². The molecule has 1 heterocycles. The highest BCUT2D eigenvalue weighted by molar-refractivity contribution is 5.79. The van der Waals surface area contributed by atoms with Crippen LogP contribution in [0.4, 0.5) is 0 Å². The molecule has 0 atom stereocenters. The molecule has 0 radical (unpaired) electrons. The molecule has 1 rings (SSSR count). The van der Waals surface area contributed by atoms with Crippen LogP contribution in [0.15, 0.2) is 23.5 Å². The topological polar surface area (TPSA) is 69.3 Å². The second-order valence-electron chi connectivity index (χ2n) is 1.79. The molecule has 0 bridgehead atoms. The third kappa shape index (κ3) is 1.52. The van der Waals surface area contributed by atoms with E-state index in [1.807, 2.05) is 6.07 Å². The van der Waals surface area contributed by atoms with E-state index in [1.165, 1.54) is 6.20 Å². The van der Waals surface area contributed by atoms with E-state index in [2.05, 4.69) is 10.1 Å². The molecular formula is C7H5N3O. The molecule has 0 aliphatic heterocycles. The first-order valence-corrected chi connectivity index (χ1v) is 2.91. The van der Waals surface area contributed by atoms with Gasteiger partial charge in [0.2, 0.25) is 0 Å². The summed E-state index contributed by atoms with van der Waals surface area (Å²) in [5.74, 6) is 0. The van der Waals surface area contributed by atoms with Gasteiger partial charge in [-0.25, -0.2) is 0 Å². The minimum absolute atomic E-state index is 0.373. The van der Waals surface area contributed by atoms with Crippen LogP contribution in [0.5, 0.6) is 0 Å². The van der Waals surface area contributed by atoms with E-state index < -0.39 is 0 Å². The van der Waals surface area contributed by atoms with Crippen molar-refractivity contribution in [1.82, 2.24) is 4.98 Å². The molecular weight excluding hydrogens is 142 g/mol. The first kappa shape index (κ1) is 7.22. The Bertz CT molecular complexity index is 314. The molecule has 0 aliphatic carbocycles. The molecule has 4 heteroatoms. The Labute approximate surface area is 63.4 Å². The van der Waals surface area contributed by atoms with Gasteiger partial charge in [0.15, 0.2) is 0 Å². The van der Waals surface area contributed by atoms with E-state index in [-0.39, 0.29) is 0 Å². The fraction of sp³-hybridized carbons (Fsp3) is 0. The zero-order chi connectivity index (χ0) is 8.10. The molecule has 0 aliphatic rings. The first-order valence-electron chi connectivity index (χ1n) is 2.91. The second kappa shape index (κ2) is 3.32. The number of aromatic nitrogens is 1. The lowest BCUT2D eigenvalue weighted by Gasteiger charge is -1.91. The summed E-state index contributed by atoms with van der Waals surface area (Å²) in [6.45, 7) is 0. The van der Waals surface area contributed by atoms with Gasteiger partial charge in [-0.1, -0.05) is 5.16 Å². The van der Waals surface area contributed by atoms with E-state index in [1.54, 1.807) is 12.1 Å². The molecule has 0 spiro atoms. The maximum atomic E-state index is 8.51. The van der Waals surface area contributed by atoms with Gasteiger partial charge in [-0.15, -0.1) is 0 Å². The zero-order valence-electron chi connectivity index (χ0n) is 5.60. The number of hydrogen-bond donors (Lipinski definition) is 1. The highest BCUT2D eigenvalue weighted by Crippen LogP contribution is 1.99. The molecule has 0 unspecified atom stereocenters. The lowest BCUT2D eigenvalue weighted by atomic mass is 10.2. The van der Waals surface area contributed by atoms with Gasteiger partial charge in [0.25, 0.3) is 0 Å². The van der Waals surface area contributed by atoms with Gasteiger partial charge in [0, 0.05) is 6.20 Å². The average Bonchev–Trinajstić information content (AvgIpc) is 2.06. The fourth-order valence-electron chi connectivity index (χ4n) is 0.670. The maximum absolute atomic E-state index is 8.51. The van der Waals surface area contributed by atoms with Crippen molar-refractivity contribution in [3.63, 3.8) is 0 Å². The number of nitriles is 1. The molecule has 0 amide bonds. The summed E-state index contributed by atoms with van der Waals surface area (Å²) in [6, 6.07) is 5.16. The Morgan fingerprint density at radius 3 is 3.18 bits per heavy atom. The Kier molecular flexibility index (Phi) is 2.18. The van der Waals surface area contributed by atoms with Crippen molar-refractivity contribution < 1.29 is 5.21 Å². The molecule has 0 saturated heterocycles. The molecule has 0 fully saturated rings. The largest absolute Gasteiger partial charge is 0.411 e. The van der Waals surface area contributed by atoms with Crippen molar-refractivity contribution in [3.8, 4) is 6.07 Å². The molecule has 4 nitrogen and oxygen atoms in total. The molecule has 0 saturated carbocycles. The lowest BCUT2D eigenvalue weighted by Crippen LogP contribution is -1.91. The summed E-state index contributed by atoms with van der Waals surface area (Å²) < 4.78 is 0. The van der Waals surface area contributed by atoms with Crippen LogP contribution in [-0.2, 0) is 0 Å². The molecule has 1 aromatic rings. The van der Waals surface area contributed by atoms with Crippen molar-refractivity contribution >= 4 is 6.21 Å². The van der Waals surface area contributed by atoms with Crippen LogP contribution >= 0.6 is 0 Å². The number of pyridine rings is 1. The smallest absolute Gasteiger partial charge is 0.102 e. The Morgan fingerprint density at radius 1 is 1.73 bits per heavy atom. The molecule has 11 heavy (non-hydrogen) atoms. The molecule has 54 valence electrons. The van der Waals surface area contributed by atoms with Crippen molar-refractivity contribution in [2.45, 2.75) is 0 Å². The number of rotatable bonds is 1. The first-order chi connectivity index (χ1) is 5.38. The monoisotopic (exact) mass is 147 g/mol. The third-order valence-corrected chi connectivity index (χ3v) is 1.14. The summed E-state index contributed by atoms with van der Waals surface area (Å²) in [7, 11) is 0. The van der Waals surface area contributed by atoms with E-state index in [0.717, 1.165) is 6.21 Å². The predicted octanol–water partition coefficient (Wildman–Crippen LogP) is 0.761. The van der Waals surface area contributed by atoms with Crippen LogP contribution in [0, 0.1) is 11.3 Å². The normalized spacial score (nSPS) is 9.73. The summed E-state index contributed by atoms with van der Waals surface area (Å²) in [6.07, 6.45) is 2.65. The highest BCUT2D eigenvalue weighted by atomic mass is 16.4. The minimum Gasteiger partial charge on any atom is -0.411 e. The van der Waals surface area contributed by atoms with E-state index >= 15 is 0 Å². The Balaban J connectivity index is 3.15. The Hall–Kier alpha value is -1.89. The van der Waals surface area contributed by atoms with Gasteiger partial charge in [-0.3, -0.25) is 4.98 Å². The third-order valence-electron chi connectivity index (χ3n) is 1.14. The van der Waals surface area contributed by atoms with Crippen LogP contribution in [0.25, 0.3) is 0 Å². The van der Waals surface area contributed by atoms with Crippen molar-refractivity contribution in [2.24, 2.45) is 5.16 Å². The van der Waals surface area contributed by atoms with Gasteiger partial charge in [-0.2, -0.15) is 5.26 Å². The summed E-state index contributed by atoms with van der Waals surface area (Å²) in [5.41, 5.74) is 0.766. The van der Waals surface area contributed by atoms with Gasteiger partial charge in [0.05, 0.1) is 11.8 Å². The zero-order valence-corrected chi connectivity index (χ0v) is 5.60. The van der Waals surface area contributed by atoms with Crippen LogP contribution in [0.2, 0.25) is 0 Å². The predicted molar refractivity (Wildman–Crippen MR) is 38.3 cm³/mol. The summed E-state index contributed by atoms with van der Waals surface area (Å²) in [4.78, 5) is 3.81. The van der Waals surface area contributed by atoms with Gasteiger partial charge in [0.1, 0.15) is 11.8 Å². The van der Waals surface area contributed by atoms with Gasteiger partial charge >= 0.3 is 0 Å². The lowest BCUT2D eigenvalue weighted by molar-refractivity contribution is 0.321. The van der Waals surface area contributed by atoms with Crippen LogP contribution in [-0.4, -0.2) is 16.4 Å². The Morgan fingerprint density at radius 2 is 2.55 bits per heavy atom. The standard InChI is InChI=1S/C7H5N3O/c8-4-6-2-1-3-9-7(6)5-10-11/h1-3,5,11H/b10-5+. The number of hydrogen-bond acceptors (Lipinski definition) is 4. The van der Waals surface area contributed by atoms with Crippen molar-refractivity contribution in [1.29, 1.82) is 5.26 Å². The van der Waals surface area contributed by atoms with Crippen LogP contribution in [0.1, 0.15) is 11.3 Å². The maximum Gasteiger partial charge on any atom is 0.102 e. The molecule has 1 N–H and O–H groups in total. The second-order valence-corrected chi connectivity index (χ2v) is 1.79. The number of nitrogens with zero attached hydrogens (tertiary/aromatic N) is 3. The van der Waals surface area contributed by atoms with Crippen molar-refractivity contribution in [2.75, 3.05) is 0 Å². The van der Waals surface area contributed by atoms with Crippen LogP contribution < -0.4 is 0 Å². The van der Waals surface area contributed by atoms with Gasteiger partial charge in [-0.05, 0) is 12.1 Å². The van der Waals surface area contributed by atoms with Gasteiger partial charge < -0.3 is 5.21 Å². The summed E-state index contributed by atoms with van der Waals surface area (Å²) in [5, 5.41) is 19.4. The quantitative estimate of drug-likeness (QED) is 0.362. The minimum atomic E-state index is 0.373. The summed E-state index contributed by atoms with van der Waals surface area (Å²) >= 11 is 0. The highest BCUT2D eigenvalue weighted by Gasteiger charge is 1.96. The molecule has 1 aromatic heterocycles. The number of oxime groups is 1. The van der Waals surface area contributed by atoms with E-state index in [9.17, 15) is 0 Å². The molecule has 0 aromatic carbocycles. The van der Waals surface area contributed by atoms with E-state index in [4.69, 9.17) is 10.5 Å².